The van der Waals surface area contributed by atoms with Crippen LogP contribution in [-0.2, 0) is 4.79 Å². The van der Waals surface area contributed by atoms with E-state index < -0.39 is 0 Å². The minimum Gasteiger partial charge on any atom is -0.278 e. The first kappa shape index (κ1) is 9.47. The van der Waals surface area contributed by atoms with Crippen LogP contribution < -0.4 is 0 Å². The molecular formula is C12H9NO2. The molecule has 0 spiro atoms. The molecule has 2 rings (SSSR count). The number of terminal acetylenes is 1. The Kier molecular flexibility index (Phi) is 2.26. The Bertz CT molecular complexity index is 454. The number of carbonyl (C=O) groups excluding carboxylic acids is 2. The van der Waals surface area contributed by atoms with Crippen LogP contribution >= 0.6 is 0 Å². The smallest absolute Gasteiger partial charge is 0.260 e. The molecule has 0 bridgehead atoms. The van der Waals surface area contributed by atoms with E-state index in [4.69, 9.17) is 6.42 Å². The van der Waals surface area contributed by atoms with Crippen molar-refractivity contribution in [2.24, 2.45) is 0 Å². The fraction of sp³-hybridized carbons (Fsp3) is 0.167. The largest absolute Gasteiger partial charge is 0.278 e. The lowest BCUT2D eigenvalue weighted by molar-refractivity contribution is -0.135. The molecule has 1 heterocycles. The summed E-state index contributed by atoms with van der Waals surface area (Å²) >= 11 is 0. The van der Waals surface area contributed by atoms with Crippen LogP contribution in [0.5, 0.6) is 0 Å². The number of benzene rings is 1. The summed E-state index contributed by atoms with van der Waals surface area (Å²) in [5, 5.41) is 0. The fourth-order valence-electron chi connectivity index (χ4n) is 1.39. The molecule has 0 atom stereocenters. The molecule has 15 heavy (non-hydrogen) atoms. The first-order valence-electron chi connectivity index (χ1n) is 4.64. The first-order valence-corrected chi connectivity index (χ1v) is 4.64. The van der Waals surface area contributed by atoms with E-state index in [2.05, 4.69) is 5.92 Å². The van der Waals surface area contributed by atoms with Crippen molar-refractivity contribution in [3.8, 4) is 12.3 Å². The second-order valence-corrected chi connectivity index (χ2v) is 3.32. The average Bonchev–Trinajstić information content (AvgIpc) is 2.27. The highest BCUT2D eigenvalue weighted by Crippen LogP contribution is 2.14. The van der Waals surface area contributed by atoms with Gasteiger partial charge in [-0.25, -0.2) is 0 Å². The molecule has 0 aliphatic carbocycles. The number of nitrogens with zero attached hydrogens (tertiary/aromatic N) is 1. The van der Waals surface area contributed by atoms with E-state index in [0.29, 0.717) is 18.5 Å². The van der Waals surface area contributed by atoms with Crippen molar-refractivity contribution in [1.82, 2.24) is 4.90 Å². The maximum atomic E-state index is 11.7. The van der Waals surface area contributed by atoms with E-state index in [1.807, 2.05) is 0 Å². The second-order valence-electron chi connectivity index (χ2n) is 3.32. The third kappa shape index (κ3) is 1.62. The average molecular weight is 199 g/mol. The summed E-state index contributed by atoms with van der Waals surface area (Å²) in [7, 11) is 0. The van der Waals surface area contributed by atoms with Crippen molar-refractivity contribution in [2.75, 3.05) is 6.54 Å². The maximum Gasteiger partial charge on any atom is 0.260 e. The zero-order valence-corrected chi connectivity index (χ0v) is 8.06. The summed E-state index contributed by atoms with van der Waals surface area (Å²) in [5.74, 6) is 2.12. The van der Waals surface area contributed by atoms with Gasteiger partial charge in [0.2, 0.25) is 5.91 Å². The van der Waals surface area contributed by atoms with Crippen LogP contribution in [0.1, 0.15) is 22.3 Å². The number of hydrogen-bond acceptors (Lipinski definition) is 2. The molecule has 74 valence electrons. The van der Waals surface area contributed by atoms with Gasteiger partial charge in [0.25, 0.3) is 5.91 Å². The van der Waals surface area contributed by atoms with E-state index in [1.54, 1.807) is 24.3 Å². The SMILES string of the molecule is C#Cc1ccc(C(=O)N2CCC2=O)cc1. The maximum absolute atomic E-state index is 11.7. The number of imide groups is 1. The molecule has 0 aromatic heterocycles. The Morgan fingerprint density at radius 3 is 2.40 bits per heavy atom. The molecular weight excluding hydrogens is 190 g/mol. The number of carbonyl (C=O) groups is 2. The lowest BCUT2D eigenvalue weighted by Crippen LogP contribution is -2.47. The highest BCUT2D eigenvalue weighted by molar-refractivity contribution is 6.07. The third-order valence-corrected chi connectivity index (χ3v) is 2.39. The Morgan fingerprint density at radius 2 is 2.00 bits per heavy atom. The highest BCUT2D eigenvalue weighted by Gasteiger charge is 2.30. The van der Waals surface area contributed by atoms with Crippen LogP contribution in [0.25, 0.3) is 0 Å². The van der Waals surface area contributed by atoms with Crippen molar-refractivity contribution < 1.29 is 9.59 Å². The number of likely N-dealkylation sites (tertiary alicyclic amines) is 1. The van der Waals surface area contributed by atoms with Gasteiger partial charge in [0.15, 0.2) is 0 Å². The summed E-state index contributed by atoms with van der Waals surface area (Å²) in [4.78, 5) is 24.0. The van der Waals surface area contributed by atoms with Gasteiger partial charge in [0.05, 0.1) is 0 Å². The zero-order valence-electron chi connectivity index (χ0n) is 8.06. The van der Waals surface area contributed by atoms with E-state index in [-0.39, 0.29) is 11.8 Å². The number of hydrogen-bond donors (Lipinski definition) is 0. The van der Waals surface area contributed by atoms with Gasteiger partial charge in [-0.15, -0.1) is 6.42 Å². The van der Waals surface area contributed by atoms with E-state index in [0.717, 1.165) is 5.56 Å². The van der Waals surface area contributed by atoms with Crippen molar-refractivity contribution in [2.45, 2.75) is 6.42 Å². The zero-order chi connectivity index (χ0) is 10.8. The standard InChI is InChI=1S/C12H9NO2/c1-2-9-3-5-10(6-4-9)12(15)13-8-7-11(13)14/h1,3-6H,7-8H2. The third-order valence-electron chi connectivity index (χ3n) is 2.39. The van der Waals surface area contributed by atoms with E-state index >= 15 is 0 Å². The molecule has 0 saturated carbocycles. The van der Waals surface area contributed by atoms with Gasteiger partial charge in [-0.05, 0) is 24.3 Å². The quantitative estimate of drug-likeness (QED) is 0.385. The van der Waals surface area contributed by atoms with Crippen LogP contribution in [0.2, 0.25) is 0 Å². The summed E-state index contributed by atoms with van der Waals surface area (Å²) in [6, 6.07) is 6.67. The molecule has 1 aliphatic rings. The Labute approximate surface area is 87.7 Å². The lowest BCUT2D eigenvalue weighted by atomic mass is 10.1. The molecule has 1 aromatic rings. The monoisotopic (exact) mass is 199 g/mol. The molecule has 0 N–H and O–H groups in total. The minimum atomic E-state index is -0.241. The normalized spacial score (nSPS) is 14.3. The van der Waals surface area contributed by atoms with Crippen LogP contribution in [0, 0.1) is 12.3 Å². The predicted molar refractivity (Wildman–Crippen MR) is 55.0 cm³/mol. The van der Waals surface area contributed by atoms with Gasteiger partial charge >= 0.3 is 0 Å². The van der Waals surface area contributed by atoms with Crippen LogP contribution in [-0.4, -0.2) is 23.3 Å². The van der Waals surface area contributed by atoms with Gasteiger partial charge in [0, 0.05) is 24.1 Å². The Balaban J connectivity index is 2.19. The number of β-lactam (4-membered cyclic amide) rings is 1. The topological polar surface area (TPSA) is 37.4 Å². The van der Waals surface area contributed by atoms with Crippen LogP contribution in [0.4, 0.5) is 0 Å². The van der Waals surface area contributed by atoms with E-state index in [1.165, 1.54) is 4.90 Å². The summed E-state index contributed by atoms with van der Waals surface area (Å²) in [6.45, 7) is 0.522. The number of amides is 2. The van der Waals surface area contributed by atoms with Gasteiger partial charge in [-0.3, -0.25) is 14.5 Å². The molecule has 1 saturated heterocycles. The van der Waals surface area contributed by atoms with Gasteiger partial charge in [0.1, 0.15) is 0 Å². The first-order chi connectivity index (χ1) is 7.22. The predicted octanol–water partition coefficient (Wildman–Crippen LogP) is 1.04. The van der Waals surface area contributed by atoms with Crippen molar-refractivity contribution in [3.05, 3.63) is 35.4 Å². The summed E-state index contributed by atoms with van der Waals surface area (Å²) in [5.41, 5.74) is 1.23. The van der Waals surface area contributed by atoms with Gasteiger partial charge in [-0.1, -0.05) is 5.92 Å². The molecule has 1 fully saturated rings. The molecule has 1 aromatic carbocycles. The molecule has 0 radical (unpaired) electrons. The fourth-order valence-corrected chi connectivity index (χ4v) is 1.39. The van der Waals surface area contributed by atoms with Crippen molar-refractivity contribution >= 4 is 11.8 Å². The summed E-state index contributed by atoms with van der Waals surface area (Å²) in [6.07, 6.45) is 5.66. The highest BCUT2D eigenvalue weighted by atomic mass is 16.2. The van der Waals surface area contributed by atoms with Crippen LogP contribution in [0.15, 0.2) is 24.3 Å². The molecule has 1 aliphatic heterocycles. The Hall–Kier alpha value is -2.08. The van der Waals surface area contributed by atoms with Crippen LogP contribution in [0.3, 0.4) is 0 Å². The van der Waals surface area contributed by atoms with Gasteiger partial charge < -0.3 is 0 Å². The van der Waals surface area contributed by atoms with Gasteiger partial charge in [-0.2, -0.15) is 0 Å². The molecule has 0 unspecified atom stereocenters. The second kappa shape index (κ2) is 3.58. The lowest BCUT2D eigenvalue weighted by Gasteiger charge is -2.28. The molecule has 3 nitrogen and oxygen atoms in total. The molecule has 2 amide bonds. The summed E-state index contributed by atoms with van der Waals surface area (Å²) < 4.78 is 0. The Morgan fingerprint density at radius 1 is 1.33 bits per heavy atom. The number of rotatable bonds is 1. The minimum absolute atomic E-state index is 0.110. The van der Waals surface area contributed by atoms with Crippen molar-refractivity contribution in [1.29, 1.82) is 0 Å². The van der Waals surface area contributed by atoms with Crippen molar-refractivity contribution in [3.63, 3.8) is 0 Å². The van der Waals surface area contributed by atoms with E-state index in [9.17, 15) is 9.59 Å². The molecule has 3 heteroatoms.